The van der Waals surface area contributed by atoms with Gasteiger partial charge < -0.3 is 10.1 Å². The van der Waals surface area contributed by atoms with Crippen molar-refractivity contribution in [3.8, 4) is 5.75 Å². The monoisotopic (exact) mass is 358 g/mol. The van der Waals surface area contributed by atoms with E-state index in [2.05, 4.69) is 10.3 Å². The third kappa shape index (κ3) is 5.16. The van der Waals surface area contributed by atoms with Crippen LogP contribution in [0, 0.1) is 5.82 Å². The molecule has 2 rings (SSSR count). The minimum atomic E-state index is -3.37. The molecular weight excluding hydrogens is 343 g/mol. The topological polar surface area (TPSA) is 68.3 Å². The molecule has 0 spiro atoms. The Hall–Kier alpha value is -1.70. The lowest BCUT2D eigenvalue weighted by Gasteiger charge is -2.10. The van der Waals surface area contributed by atoms with Gasteiger partial charge >= 0.3 is 0 Å². The van der Waals surface area contributed by atoms with Crippen LogP contribution in [-0.4, -0.2) is 32.8 Å². The number of rotatable bonds is 7. The third-order valence-corrected chi connectivity index (χ3v) is 4.33. The Bertz CT molecular complexity index is 784. The quantitative estimate of drug-likeness (QED) is 0.770. The molecule has 0 aliphatic heterocycles. The van der Waals surface area contributed by atoms with E-state index in [0.29, 0.717) is 23.7 Å². The van der Waals surface area contributed by atoms with Crippen LogP contribution < -0.4 is 10.1 Å². The summed E-state index contributed by atoms with van der Waals surface area (Å²) in [7, 11) is -3.37. The summed E-state index contributed by atoms with van der Waals surface area (Å²) in [5, 5.41) is 3.44. The normalized spacial score (nSPS) is 11.4. The molecule has 1 heterocycles. The Balaban J connectivity index is 1.86. The second kappa shape index (κ2) is 7.72. The van der Waals surface area contributed by atoms with Gasteiger partial charge in [0.05, 0.1) is 5.02 Å². The highest BCUT2D eigenvalue weighted by atomic mass is 35.5. The number of pyridine rings is 1. The van der Waals surface area contributed by atoms with Crippen LogP contribution in [0.15, 0.2) is 41.6 Å². The van der Waals surface area contributed by atoms with Gasteiger partial charge in [-0.3, -0.25) is 0 Å². The molecule has 0 fully saturated rings. The first-order valence-corrected chi connectivity index (χ1v) is 9.07. The summed E-state index contributed by atoms with van der Waals surface area (Å²) in [5.41, 5.74) is 0.582. The Kier molecular flexibility index (Phi) is 5.92. The number of nitrogens with zero attached hydrogens (tertiary/aromatic N) is 1. The van der Waals surface area contributed by atoms with Gasteiger partial charge in [-0.05, 0) is 18.2 Å². The molecule has 0 radical (unpaired) electrons. The lowest BCUT2D eigenvalue weighted by Crippen LogP contribution is -2.22. The lowest BCUT2D eigenvalue weighted by atomic mass is 10.3. The molecule has 2 aromatic rings. The molecule has 0 bridgehead atoms. The zero-order valence-corrected chi connectivity index (χ0v) is 14.0. The standard InChI is InChI=1S/C15H16ClFN2O3S/c1-23(20,21)15-11(3-2-6-19-15)10-18-7-8-22-14-9-12(17)4-5-13(14)16/h2-6,9,18H,7-8,10H2,1H3. The zero-order chi connectivity index (χ0) is 16.9. The van der Waals surface area contributed by atoms with Crippen LogP contribution in [0.1, 0.15) is 5.56 Å². The Morgan fingerprint density at radius 3 is 2.87 bits per heavy atom. The summed E-state index contributed by atoms with van der Waals surface area (Å²) in [5.74, 6) is -0.155. The van der Waals surface area contributed by atoms with E-state index in [-0.39, 0.29) is 17.4 Å². The predicted molar refractivity (Wildman–Crippen MR) is 86.0 cm³/mol. The van der Waals surface area contributed by atoms with E-state index in [0.717, 1.165) is 6.26 Å². The van der Waals surface area contributed by atoms with Gasteiger partial charge in [0.2, 0.25) is 0 Å². The van der Waals surface area contributed by atoms with Crippen molar-refractivity contribution in [1.29, 1.82) is 0 Å². The van der Waals surface area contributed by atoms with Gasteiger partial charge in [0, 0.05) is 37.2 Å². The van der Waals surface area contributed by atoms with Gasteiger partial charge in [-0.1, -0.05) is 17.7 Å². The molecule has 1 aromatic heterocycles. The average Bonchev–Trinajstić information content (AvgIpc) is 2.50. The molecule has 0 aliphatic carbocycles. The van der Waals surface area contributed by atoms with Crippen molar-refractivity contribution in [3.05, 3.63) is 52.9 Å². The van der Waals surface area contributed by atoms with Gasteiger partial charge in [0.25, 0.3) is 0 Å². The Morgan fingerprint density at radius 1 is 1.35 bits per heavy atom. The summed E-state index contributed by atoms with van der Waals surface area (Å²) in [6.45, 7) is 1.03. The van der Waals surface area contributed by atoms with Gasteiger partial charge in [0.1, 0.15) is 18.2 Å². The van der Waals surface area contributed by atoms with E-state index >= 15 is 0 Å². The van der Waals surface area contributed by atoms with Gasteiger partial charge in [0.15, 0.2) is 14.9 Å². The van der Waals surface area contributed by atoms with E-state index in [1.54, 1.807) is 12.1 Å². The molecule has 1 aromatic carbocycles. The van der Waals surface area contributed by atoms with E-state index in [1.807, 2.05) is 0 Å². The first kappa shape index (κ1) is 17.7. The van der Waals surface area contributed by atoms with Crippen LogP contribution in [-0.2, 0) is 16.4 Å². The fourth-order valence-corrected chi connectivity index (χ4v) is 2.98. The van der Waals surface area contributed by atoms with Gasteiger partial charge in [-0.2, -0.15) is 0 Å². The van der Waals surface area contributed by atoms with E-state index in [4.69, 9.17) is 16.3 Å². The molecule has 0 saturated heterocycles. The maximum absolute atomic E-state index is 13.1. The maximum Gasteiger partial charge on any atom is 0.193 e. The van der Waals surface area contributed by atoms with E-state index < -0.39 is 15.7 Å². The van der Waals surface area contributed by atoms with E-state index in [9.17, 15) is 12.8 Å². The minimum Gasteiger partial charge on any atom is -0.491 e. The largest absolute Gasteiger partial charge is 0.491 e. The number of nitrogens with one attached hydrogen (secondary N) is 1. The van der Waals surface area contributed by atoms with Crippen molar-refractivity contribution >= 4 is 21.4 Å². The van der Waals surface area contributed by atoms with Crippen LogP contribution in [0.2, 0.25) is 5.02 Å². The first-order chi connectivity index (χ1) is 10.9. The molecule has 0 aliphatic rings. The number of hydrogen-bond donors (Lipinski definition) is 1. The number of ether oxygens (including phenoxy) is 1. The second-order valence-electron chi connectivity index (χ2n) is 4.84. The SMILES string of the molecule is CS(=O)(=O)c1ncccc1CNCCOc1cc(F)ccc1Cl. The molecule has 124 valence electrons. The van der Waals surface area contributed by atoms with Crippen LogP contribution in [0.25, 0.3) is 0 Å². The van der Waals surface area contributed by atoms with Crippen molar-refractivity contribution in [1.82, 2.24) is 10.3 Å². The summed E-state index contributed by atoms with van der Waals surface area (Å²) >= 11 is 5.89. The summed E-state index contributed by atoms with van der Waals surface area (Å²) in [4.78, 5) is 3.90. The molecule has 1 N–H and O–H groups in total. The highest BCUT2D eigenvalue weighted by Gasteiger charge is 2.13. The van der Waals surface area contributed by atoms with Crippen molar-refractivity contribution in [2.24, 2.45) is 0 Å². The third-order valence-electron chi connectivity index (χ3n) is 2.95. The molecule has 8 heteroatoms. The second-order valence-corrected chi connectivity index (χ2v) is 7.18. The van der Waals surface area contributed by atoms with Gasteiger partial charge in [-0.15, -0.1) is 0 Å². The van der Waals surface area contributed by atoms with E-state index in [1.165, 1.54) is 24.4 Å². The average molecular weight is 359 g/mol. The molecule has 5 nitrogen and oxygen atoms in total. The number of sulfone groups is 1. The molecule has 0 saturated carbocycles. The zero-order valence-electron chi connectivity index (χ0n) is 12.4. The van der Waals surface area contributed by atoms with Crippen molar-refractivity contribution in [2.75, 3.05) is 19.4 Å². The molecule has 0 amide bonds. The lowest BCUT2D eigenvalue weighted by molar-refractivity contribution is 0.312. The molecule has 23 heavy (non-hydrogen) atoms. The molecular formula is C15H16ClFN2O3S. The number of benzene rings is 1. The summed E-state index contributed by atoms with van der Waals surface area (Å²) < 4.78 is 41.7. The highest BCUT2D eigenvalue weighted by molar-refractivity contribution is 7.90. The molecule has 0 atom stereocenters. The van der Waals surface area contributed by atoms with Crippen LogP contribution in [0.5, 0.6) is 5.75 Å². The van der Waals surface area contributed by atoms with Crippen LogP contribution >= 0.6 is 11.6 Å². The summed E-state index contributed by atoms with van der Waals surface area (Å²) in [6.07, 6.45) is 2.56. The number of hydrogen-bond acceptors (Lipinski definition) is 5. The van der Waals surface area contributed by atoms with Crippen LogP contribution in [0.3, 0.4) is 0 Å². The fraction of sp³-hybridized carbons (Fsp3) is 0.267. The first-order valence-electron chi connectivity index (χ1n) is 6.80. The Labute approximate surface area is 139 Å². The fourth-order valence-electron chi connectivity index (χ4n) is 1.94. The van der Waals surface area contributed by atoms with Crippen LogP contribution in [0.4, 0.5) is 4.39 Å². The minimum absolute atomic E-state index is 0.0570. The maximum atomic E-state index is 13.1. The molecule has 0 unspecified atom stereocenters. The van der Waals surface area contributed by atoms with Crippen molar-refractivity contribution in [2.45, 2.75) is 11.6 Å². The van der Waals surface area contributed by atoms with Gasteiger partial charge in [-0.25, -0.2) is 17.8 Å². The smallest absolute Gasteiger partial charge is 0.193 e. The number of aromatic nitrogens is 1. The van der Waals surface area contributed by atoms with Crippen molar-refractivity contribution < 1.29 is 17.5 Å². The highest BCUT2D eigenvalue weighted by Crippen LogP contribution is 2.24. The summed E-state index contributed by atoms with van der Waals surface area (Å²) in [6, 6.07) is 7.26. The predicted octanol–water partition coefficient (Wildman–Crippen LogP) is 2.45. The number of halogens is 2. The van der Waals surface area contributed by atoms with Crippen molar-refractivity contribution in [3.63, 3.8) is 0 Å². The Morgan fingerprint density at radius 2 is 2.13 bits per heavy atom.